The second-order valence-corrected chi connectivity index (χ2v) is 5.37. The molecule has 1 amide bonds. The number of hydrogen-bond acceptors (Lipinski definition) is 3. The minimum atomic E-state index is -0.109. The van der Waals surface area contributed by atoms with Crippen LogP contribution in [0.4, 0.5) is 11.4 Å². The Morgan fingerprint density at radius 1 is 1.21 bits per heavy atom. The molecule has 2 rings (SSSR count). The molecule has 0 fully saturated rings. The van der Waals surface area contributed by atoms with Gasteiger partial charge in [0.05, 0.1) is 17.1 Å². The van der Waals surface area contributed by atoms with E-state index in [1.54, 1.807) is 18.2 Å². The summed E-state index contributed by atoms with van der Waals surface area (Å²) < 4.78 is 0. The summed E-state index contributed by atoms with van der Waals surface area (Å²) >= 11 is 7.33. The summed E-state index contributed by atoms with van der Waals surface area (Å²) in [4.78, 5) is 12.9. The number of nitrogens with two attached hydrogens (primary N) is 1. The number of anilines is 2. The van der Waals surface area contributed by atoms with Crippen molar-refractivity contribution in [3.63, 3.8) is 0 Å². The van der Waals surface area contributed by atoms with Crippen molar-refractivity contribution in [1.82, 2.24) is 0 Å². The highest BCUT2D eigenvalue weighted by atomic mass is 35.5. The third-order valence-electron chi connectivity index (χ3n) is 2.40. The fourth-order valence-corrected chi connectivity index (χ4v) is 2.38. The van der Waals surface area contributed by atoms with Crippen molar-refractivity contribution in [3.8, 4) is 0 Å². The second-order valence-electron chi connectivity index (χ2n) is 3.88. The third kappa shape index (κ3) is 4.19. The van der Waals surface area contributed by atoms with Crippen molar-refractivity contribution >= 4 is 40.6 Å². The minimum Gasteiger partial charge on any atom is -0.397 e. The van der Waals surface area contributed by atoms with Gasteiger partial charge >= 0.3 is 0 Å². The van der Waals surface area contributed by atoms with Crippen LogP contribution in [0.15, 0.2) is 53.4 Å². The van der Waals surface area contributed by atoms with E-state index < -0.39 is 0 Å². The van der Waals surface area contributed by atoms with Crippen LogP contribution < -0.4 is 11.1 Å². The predicted octanol–water partition coefficient (Wildman–Crippen LogP) is 3.65. The molecule has 0 aliphatic heterocycles. The highest BCUT2D eigenvalue weighted by Gasteiger charge is 2.06. The summed E-state index contributed by atoms with van der Waals surface area (Å²) in [7, 11) is 0. The summed E-state index contributed by atoms with van der Waals surface area (Å²) in [5.74, 6) is 0.221. The first-order valence-electron chi connectivity index (χ1n) is 5.68. The second kappa shape index (κ2) is 6.50. The standard InChI is InChI=1S/C14H13ClN2OS/c15-10-6-7-12(16)13(8-10)17-14(18)9-19-11-4-2-1-3-5-11/h1-8H,9,16H2,(H,17,18). The number of rotatable bonds is 4. The van der Waals surface area contributed by atoms with E-state index in [-0.39, 0.29) is 5.91 Å². The summed E-state index contributed by atoms with van der Waals surface area (Å²) in [6.07, 6.45) is 0. The number of halogens is 1. The molecule has 0 aliphatic carbocycles. The van der Waals surface area contributed by atoms with Crippen LogP contribution in [0.2, 0.25) is 5.02 Å². The Morgan fingerprint density at radius 3 is 2.68 bits per heavy atom. The zero-order valence-corrected chi connectivity index (χ0v) is 11.7. The lowest BCUT2D eigenvalue weighted by atomic mass is 10.2. The quantitative estimate of drug-likeness (QED) is 0.668. The number of amides is 1. The topological polar surface area (TPSA) is 55.1 Å². The fourth-order valence-electron chi connectivity index (χ4n) is 1.49. The number of hydrogen-bond donors (Lipinski definition) is 2. The molecular weight excluding hydrogens is 280 g/mol. The molecule has 3 nitrogen and oxygen atoms in total. The molecule has 5 heteroatoms. The molecular formula is C14H13ClN2OS. The Kier molecular flexibility index (Phi) is 4.71. The van der Waals surface area contributed by atoms with Gasteiger partial charge in [-0.25, -0.2) is 0 Å². The first-order chi connectivity index (χ1) is 9.15. The molecule has 2 aromatic rings. The van der Waals surface area contributed by atoms with Crippen LogP contribution in [-0.2, 0) is 4.79 Å². The van der Waals surface area contributed by atoms with Crippen LogP contribution in [0.3, 0.4) is 0 Å². The lowest BCUT2D eigenvalue weighted by molar-refractivity contribution is -0.113. The molecule has 0 aromatic heterocycles. The van der Waals surface area contributed by atoms with Gasteiger partial charge in [-0.1, -0.05) is 29.8 Å². The average molecular weight is 293 g/mol. The maximum Gasteiger partial charge on any atom is 0.234 e. The van der Waals surface area contributed by atoms with Gasteiger partial charge in [0.2, 0.25) is 5.91 Å². The van der Waals surface area contributed by atoms with E-state index in [2.05, 4.69) is 5.32 Å². The number of thioether (sulfide) groups is 1. The lowest BCUT2D eigenvalue weighted by Gasteiger charge is -2.08. The summed E-state index contributed by atoms with van der Waals surface area (Å²) in [6, 6.07) is 14.7. The van der Waals surface area contributed by atoms with Gasteiger partial charge in [-0.2, -0.15) is 0 Å². The fraction of sp³-hybridized carbons (Fsp3) is 0.0714. The molecule has 19 heavy (non-hydrogen) atoms. The van der Waals surface area contributed by atoms with Gasteiger partial charge in [0.25, 0.3) is 0 Å². The average Bonchev–Trinajstić information content (AvgIpc) is 2.42. The number of nitrogen functional groups attached to an aromatic ring is 1. The van der Waals surface area contributed by atoms with E-state index in [0.717, 1.165) is 4.90 Å². The molecule has 0 bridgehead atoms. The van der Waals surface area contributed by atoms with Crippen LogP contribution in [0.25, 0.3) is 0 Å². The van der Waals surface area contributed by atoms with E-state index >= 15 is 0 Å². The summed E-state index contributed by atoms with van der Waals surface area (Å²) in [5, 5.41) is 3.29. The van der Waals surface area contributed by atoms with Crippen molar-refractivity contribution in [3.05, 3.63) is 53.6 Å². The molecule has 3 N–H and O–H groups in total. The van der Waals surface area contributed by atoms with E-state index in [1.165, 1.54) is 11.8 Å². The first kappa shape index (κ1) is 13.8. The minimum absolute atomic E-state index is 0.109. The van der Waals surface area contributed by atoms with Crippen LogP contribution in [-0.4, -0.2) is 11.7 Å². The maximum absolute atomic E-state index is 11.8. The van der Waals surface area contributed by atoms with Gasteiger partial charge in [-0.05, 0) is 30.3 Å². The molecule has 0 atom stereocenters. The molecule has 0 heterocycles. The van der Waals surface area contributed by atoms with Gasteiger partial charge in [0, 0.05) is 9.92 Å². The normalized spacial score (nSPS) is 10.2. The highest BCUT2D eigenvalue weighted by Crippen LogP contribution is 2.23. The van der Waals surface area contributed by atoms with Crippen LogP contribution in [0.1, 0.15) is 0 Å². The van der Waals surface area contributed by atoms with Crippen molar-refractivity contribution in [2.45, 2.75) is 4.90 Å². The number of carbonyl (C=O) groups is 1. The van der Waals surface area contributed by atoms with Crippen LogP contribution in [0.5, 0.6) is 0 Å². The van der Waals surface area contributed by atoms with Gasteiger partial charge < -0.3 is 11.1 Å². The molecule has 0 spiro atoms. The van der Waals surface area contributed by atoms with Gasteiger partial charge in [-0.15, -0.1) is 11.8 Å². The van der Waals surface area contributed by atoms with E-state index in [4.69, 9.17) is 17.3 Å². The van der Waals surface area contributed by atoms with Crippen LogP contribution >= 0.6 is 23.4 Å². The van der Waals surface area contributed by atoms with E-state index in [0.29, 0.717) is 22.2 Å². The Labute approximate surface area is 121 Å². The van der Waals surface area contributed by atoms with Crippen molar-refractivity contribution < 1.29 is 4.79 Å². The molecule has 0 saturated carbocycles. The monoisotopic (exact) mass is 292 g/mol. The number of carbonyl (C=O) groups excluding carboxylic acids is 1. The largest absolute Gasteiger partial charge is 0.397 e. The SMILES string of the molecule is Nc1ccc(Cl)cc1NC(=O)CSc1ccccc1. The number of nitrogens with one attached hydrogen (secondary N) is 1. The molecule has 2 aromatic carbocycles. The van der Waals surface area contributed by atoms with Gasteiger partial charge in [-0.3, -0.25) is 4.79 Å². The van der Waals surface area contributed by atoms with Crippen LogP contribution in [0, 0.1) is 0 Å². The zero-order chi connectivity index (χ0) is 13.7. The molecule has 0 radical (unpaired) electrons. The highest BCUT2D eigenvalue weighted by molar-refractivity contribution is 8.00. The van der Waals surface area contributed by atoms with Crippen molar-refractivity contribution in [2.24, 2.45) is 0 Å². The van der Waals surface area contributed by atoms with E-state index in [1.807, 2.05) is 30.3 Å². The Morgan fingerprint density at radius 2 is 1.95 bits per heavy atom. The van der Waals surface area contributed by atoms with E-state index in [9.17, 15) is 4.79 Å². The third-order valence-corrected chi connectivity index (χ3v) is 3.65. The Balaban J connectivity index is 1.93. The summed E-state index contributed by atoms with van der Waals surface area (Å²) in [6.45, 7) is 0. The Bertz CT molecular complexity index is 575. The zero-order valence-electron chi connectivity index (χ0n) is 10.1. The molecule has 98 valence electrons. The smallest absolute Gasteiger partial charge is 0.234 e. The van der Waals surface area contributed by atoms with Crippen molar-refractivity contribution in [2.75, 3.05) is 16.8 Å². The molecule has 0 saturated heterocycles. The molecule has 0 aliphatic rings. The Hall–Kier alpha value is -1.65. The van der Waals surface area contributed by atoms with Gasteiger partial charge in [0.15, 0.2) is 0 Å². The van der Waals surface area contributed by atoms with Gasteiger partial charge in [0.1, 0.15) is 0 Å². The predicted molar refractivity (Wildman–Crippen MR) is 81.7 cm³/mol. The lowest BCUT2D eigenvalue weighted by Crippen LogP contribution is -2.15. The summed E-state index contributed by atoms with van der Waals surface area (Å²) in [5.41, 5.74) is 6.81. The molecule has 0 unspecified atom stereocenters. The van der Waals surface area contributed by atoms with Crippen molar-refractivity contribution in [1.29, 1.82) is 0 Å². The number of benzene rings is 2. The maximum atomic E-state index is 11.8. The first-order valence-corrected chi connectivity index (χ1v) is 7.04.